The predicted octanol–water partition coefficient (Wildman–Crippen LogP) is 9.90. The van der Waals surface area contributed by atoms with Crippen molar-refractivity contribution in [2.45, 2.75) is 426 Å². The standard InChI is InChI=1S/C76H144N3O24P/c1-4-7-10-13-16-19-22-25-26-29-32-35-38-41-44-47-64(86)99-57(46-43-40-37-34-31-28-24-21-18-15-12-9-6-3)51-63(85)79-65-70(90)69(89)61(55-97-76(75(92)93)52-58(82)67(87)72(102-76)59(83)53-80)100-73(65)96-54-60-68(88)71(91)66(74(101-60)103-104(94,95)98-49-48-77)78-62(84)50-56(81)45-42-39-36-33-30-27-23-20-17-14-11-8-5-2/h56-61,65-74,80-83,87-91H,4-55,77H2,1-3H3,(H,78,84)(H,79,85)(H,92,93)(H,94,95)/t56-,57-,58-,59-,60-,61-,65-,66-,67-,68-,69-,70-,71-,72+,73-,74-,76-/m1/s1. The molecule has 28 heteroatoms. The number of amides is 2. The number of unbranched alkanes of at least 4 members (excludes halogenated alkanes) is 38. The van der Waals surface area contributed by atoms with Crippen LogP contribution in [-0.2, 0) is 61.2 Å². The number of ether oxygens (including phenoxy) is 6. The summed E-state index contributed by atoms with van der Waals surface area (Å²) < 4.78 is 59.1. The van der Waals surface area contributed by atoms with Gasteiger partial charge < -0.3 is 101 Å². The minimum absolute atomic E-state index is 0.133. The Morgan fingerprint density at radius 1 is 0.529 bits per heavy atom. The molecule has 18 atom stereocenters. The van der Waals surface area contributed by atoms with Gasteiger partial charge in [0.05, 0.1) is 51.5 Å². The molecule has 3 saturated heterocycles. The highest BCUT2D eigenvalue weighted by Gasteiger charge is 2.56. The molecule has 0 spiro atoms. The zero-order valence-corrected chi connectivity index (χ0v) is 64.7. The largest absolute Gasteiger partial charge is 0.477 e. The van der Waals surface area contributed by atoms with Crippen LogP contribution in [0, 0.1) is 0 Å². The molecule has 3 fully saturated rings. The second-order valence-electron chi connectivity index (χ2n) is 29.7. The van der Waals surface area contributed by atoms with Crippen molar-refractivity contribution >= 4 is 31.6 Å². The number of aliphatic carboxylic acids is 1. The third-order valence-electron chi connectivity index (χ3n) is 20.4. The molecule has 0 radical (unpaired) electrons. The maximum Gasteiger partial charge on any atom is 0.474 e. The Labute approximate surface area is 621 Å². The van der Waals surface area contributed by atoms with E-state index in [9.17, 15) is 79.7 Å². The van der Waals surface area contributed by atoms with E-state index >= 15 is 0 Å². The van der Waals surface area contributed by atoms with Crippen LogP contribution in [0.15, 0.2) is 0 Å². The molecule has 104 heavy (non-hydrogen) atoms. The van der Waals surface area contributed by atoms with Crippen LogP contribution in [0.25, 0.3) is 0 Å². The number of phosphoric acid groups is 1. The molecule has 3 rings (SSSR count). The maximum absolute atomic E-state index is 14.4. The molecule has 2 amide bonds. The number of carboxylic acid groups (broad SMARTS) is 1. The molecule has 15 N–H and O–H groups in total. The van der Waals surface area contributed by atoms with Crippen LogP contribution in [0.3, 0.4) is 0 Å². The van der Waals surface area contributed by atoms with E-state index in [-0.39, 0.29) is 19.4 Å². The number of nitrogens with one attached hydrogen (secondary N) is 2. The van der Waals surface area contributed by atoms with Gasteiger partial charge in [0.25, 0.3) is 5.79 Å². The second-order valence-corrected chi connectivity index (χ2v) is 31.1. The molecule has 0 aromatic carbocycles. The summed E-state index contributed by atoms with van der Waals surface area (Å²) in [5.74, 6) is -6.86. The van der Waals surface area contributed by atoms with Crippen molar-refractivity contribution in [3.63, 3.8) is 0 Å². The first-order valence-electron chi connectivity index (χ1n) is 40.7. The Morgan fingerprint density at radius 2 is 0.923 bits per heavy atom. The zero-order chi connectivity index (χ0) is 76.4. The Hall–Kier alpha value is -2.61. The minimum atomic E-state index is -5.13. The number of nitrogens with two attached hydrogens (primary N) is 1. The summed E-state index contributed by atoms with van der Waals surface area (Å²) in [5, 5.41) is 115. The lowest BCUT2D eigenvalue weighted by atomic mass is 9.92. The summed E-state index contributed by atoms with van der Waals surface area (Å²) in [7, 11) is -5.13. The van der Waals surface area contributed by atoms with E-state index < -0.39 is 181 Å². The van der Waals surface area contributed by atoms with E-state index in [1.165, 1.54) is 161 Å². The lowest BCUT2D eigenvalue weighted by Crippen LogP contribution is -2.67. The number of hydrogen-bond acceptors (Lipinski definition) is 23. The molecule has 0 aromatic heterocycles. The van der Waals surface area contributed by atoms with E-state index in [0.717, 1.165) is 83.5 Å². The summed E-state index contributed by atoms with van der Waals surface area (Å²) in [6, 6.07) is -3.54. The summed E-state index contributed by atoms with van der Waals surface area (Å²) in [4.78, 5) is 65.2. The number of carbonyl (C=O) groups excluding carboxylic acids is 3. The van der Waals surface area contributed by atoms with E-state index in [0.29, 0.717) is 25.7 Å². The average Bonchev–Trinajstić information content (AvgIpc) is 0.773. The molecule has 27 nitrogen and oxygen atoms in total. The highest BCUT2D eigenvalue weighted by Crippen LogP contribution is 2.46. The van der Waals surface area contributed by atoms with Crippen LogP contribution < -0.4 is 16.4 Å². The number of hydrogen-bond donors (Lipinski definition) is 14. The number of carboxylic acids is 1. The van der Waals surface area contributed by atoms with E-state index in [1.807, 2.05) is 0 Å². The molecule has 612 valence electrons. The Balaban J connectivity index is 1.82. The van der Waals surface area contributed by atoms with Crippen molar-refractivity contribution in [2.75, 3.05) is 33.0 Å². The molecule has 0 aromatic rings. The third-order valence-corrected chi connectivity index (χ3v) is 21.4. The number of esters is 1. The van der Waals surface area contributed by atoms with Crippen molar-refractivity contribution in [3.05, 3.63) is 0 Å². The van der Waals surface area contributed by atoms with Crippen LogP contribution in [0.5, 0.6) is 0 Å². The Kier molecular flexibility index (Phi) is 52.8. The first kappa shape index (κ1) is 95.6. The molecule has 0 bridgehead atoms. The highest BCUT2D eigenvalue weighted by molar-refractivity contribution is 7.47. The molecular formula is C76H144N3O24P. The first-order valence-corrected chi connectivity index (χ1v) is 42.2. The predicted molar refractivity (Wildman–Crippen MR) is 393 cm³/mol. The van der Waals surface area contributed by atoms with Gasteiger partial charge in [0.15, 0.2) is 12.6 Å². The summed E-state index contributed by atoms with van der Waals surface area (Å²) in [6.07, 6.45) is 19.7. The van der Waals surface area contributed by atoms with Gasteiger partial charge >= 0.3 is 19.8 Å². The van der Waals surface area contributed by atoms with Crippen LogP contribution in [0.4, 0.5) is 0 Å². The van der Waals surface area contributed by atoms with E-state index in [1.54, 1.807) is 0 Å². The fourth-order valence-electron chi connectivity index (χ4n) is 14.0. The molecule has 0 saturated carbocycles. The lowest BCUT2D eigenvalue weighted by Gasteiger charge is -2.46. The summed E-state index contributed by atoms with van der Waals surface area (Å²) >= 11 is 0. The van der Waals surface area contributed by atoms with Gasteiger partial charge in [-0.25, -0.2) is 9.36 Å². The number of aliphatic hydroxyl groups excluding tert-OH is 9. The SMILES string of the molecule is CCCCCCCCCCCCCCCCCC(=O)O[C@H](CCCCCCCCCCCCCCC)CC(=O)N[C@H]1[C@H](OC[C@H]2O[C@H](OP(=O)(O)OCCN)[C@H](NC(=O)C[C@H](O)CCCCCCCCCCCCCCC)[C@@H](O)[C@@H]2O)O[C@H](CO[C@]2(C(=O)O)C[C@@H](O)[C@@H](O)[C@H]([C@H](O)CO)O2)[C@@H](O)[C@@H]1O. The quantitative estimate of drug-likeness (QED) is 0.0153. The molecule has 3 heterocycles. The van der Waals surface area contributed by atoms with Crippen molar-refractivity contribution in [1.29, 1.82) is 0 Å². The monoisotopic (exact) mass is 1510 g/mol. The molecule has 0 aliphatic carbocycles. The van der Waals surface area contributed by atoms with Crippen LogP contribution >= 0.6 is 7.82 Å². The van der Waals surface area contributed by atoms with E-state index in [2.05, 4.69) is 31.4 Å². The van der Waals surface area contributed by atoms with Gasteiger partial charge in [-0.3, -0.25) is 23.4 Å². The fourth-order valence-corrected chi connectivity index (χ4v) is 14.8. The number of phosphoric ester groups is 1. The van der Waals surface area contributed by atoms with Gasteiger partial charge in [-0.2, -0.15) is 0 Å². The van der Waals surface area contributed by atoms with Gasteiger partial charge in [-0.05, 0) is 25.7 Å². The highest BCUT2D eigenvalue weighted by atomic mass is 31.2. The lowest BCUT2D eigenvalue weighted by molar-refractivity contribution is -0.341. The summed E-state index contributed by atoms with van der Waals surface area (Å²) in [6.45, 7) is 3.00. The number of carbonyl (C=O) groups is 4. The molecular weight excluding hydrogens is 1370 g/mol. The number of aliphatic hydroxyl groups is 9. The van der Waals surface area contributed by atoms with Crippen molar-refractivity contribution < 1.29 is 117 Å². The van der Waals surface area contributed by atoms with Gasteiger partial charge in [-0.1, -0.05) is 271 Å². The van der Waals surface area contributed by atoms with Crippen molar-refractivity contribution in [2.24, 2.45) is 5.73 Å². The van der Waals surface area contributed by atoms with Crippen LogP contribution in [0.2, 0.25) is 0 Å². The van der Waals surface area contributed by atoms with E-state index in [4.69, 9.17) is 43.2 Å². The maximum atomic E-state index is 14.4. The zero-order valence-electron chi connectivity index (χ0n) is 63.8. The summed E-state index contributed by atoms with van der Waals surface area (Å²) in [5.41, 5.74) is 5.53. The van der Waals surface area contributed by atoms with Crippen LogP contribution in [-0.4, -0.2) is 216 Å². The minimum Gasteiger partial charge on any atom is -0.477 e. The smallest absolute Gasteiger partial charge is 0.474 e. The van der Waals surface area contributed by atoms with Gasteiger partial charge in [0.1, 0.15) is 73.1 Å². The normalized spacial score (nSPS) is 26.5. The van der Waals surface area contributed by atoms with Crippen molar-refractivity contribution in [3.8, 4) is 0 Å². The molecule has 3 aliphatic heterocycles. The van der Waals surface area contributed by atoms with Crippen LogP contribution in [0.1, 0.15) is 323 Å². The Bertz CT molecular complexity index is 2250. The van der Waals surface area contributed by atoms with Gasteiger partial charge in [0, 0.05) is 19.4 Å². The fraction of sp³-hybridized carbons (Fsp3) is 0.947. The second kappa shape index (κ2) is 57.4. The number of rotatable bonds is 65. The Morgan fingerprint density at radius 3 is 1.36 bits per heavy atom. The molecule has 1 unspecified atom stereocenters. The van der Waals surface area contributed by atoms with Gasteiger partial charge in [-0.15, -0.1) is 0 Å². The average molecular weight is 1510 g/mol. The molecule has 3 aliphatic rings. The van der Waals surface area contributed by atoms with Crippen molar-refractivity contribution in [1.82, 2.24) is 10.6 Å². The first-order chi connectivity index (χ1) is 50.1. The third kappa shape index (κ3) is 39.8. The topological polar surface area (TPSA) is 432 Å². The van der Waals surface area contributed by atoms with Gasteiger partial charge in [0.2, 0.25) is 11.8 Å².